The lowest BCUT2D eigenvalue weighted by Gasteiger charge is -2.43. The van der Waals surface area contributed by atoms with E-state index < -0.39 is 29.3 Å². The predicted octanol–water partition coefficient (Wildman–Crippen LogP) is 4.42. The molecule has 3 rings (SSSR count). The molecule has 0 radical (unpaired) electrons. The normalized spacial score (nSPS) is 19.4. The number of nitrogens with one attached hydrogen (secondary N) is 2. The summed E-state index contributed by atoms with van der Waals surface area (Å²) in [4.78, 5) is 27.2. The first-order valence-corrected chi connectivity index (χ1v) is 14.3. The van der Waals surface area contributed by atoms with Gasteiger partial charge in [-0.25, -0.2) is 8.78 Å². The van der Waals surface area contributed by atoms with Crippen molar-refractivity contribution in [3.05, 3.63) is 70.8 Å². The molecule has 1 aliphatic heterocycles. The topological polar surface area (TPSA) is 90.9 Å². The zero-order valence-electron chi connectivity index (χ0n) is 25.1. The van der Waals surface area contributed by atoms with E-state index in [9.17, 15) is 23.5 Å². The summed E-state index contributed by atoms with van der Waals surface area (Å²) in [6.45, 7) is 13.0. The molecule has 9 heteroatoms. The molecule has 3 atom stereocenters. The monoisotopic (exact) mass is 573 g/mol. The van der Waals surface area contributed by atoms with Crippen LogP contribution in [0.15, 0.2) is 42.5 Å². The highest BCUT2D eigenvalue weighted by atomic mass is 19.1. The number of aliphatic hydroxyl groups excluding tert-OH is 1. The highest BCUT2D eigenvalue weighted by Gasteiger charge is 2.41. The maximum Gasteiger partial charge on any atom is 0.224 e. The third kappa shape index (κ3) is 9.58. The maximum absolute atomic E-state index is 13.8. The Morgan fingerprint density at radius 1 is 1.15 bits per heavy atom. The van der Waals surface area contributed by atoms with Crippen LogP contribution in [-0.4, -0.2) is 65.8 Å². The van der Waals surface area contributed by atoms with Crippen LogP contribution < -0.4 is 10.6 Å². The number of nitrogens with zero attached hydrogens (tertiary/aromatic N) is 1. The Balaban J connectivity index is 1.82. The number of ether oxygens (including phenoxy) is 1. The molecule has 0 spiro atoms. The highest BCUT2D eigenvalue weighted by molar-refractivity contribution is 5.79. The number of amides is 2. The van der Waals surface area contributed by atoms with Gasteiger partial charge in [0.25, 0.3) is 0 Å². The van der Waals surface area contributed by atoms with Crippen molar-refractivity contribution in [2.45, 2.75) is 90.0 Å². The van der Waals surface area contributed by atoms with Gasteiger partial charge < -0.3 is 25.4 Å². The van der Waals surface area contributed by atoms with E-state index in [0.29, 0.717) is 37.6 Å². The molecule has 1 saturated heterocycles. The van der Waals surface area contributed by atoms with Crippen molar-refractivity contribution >= 4 is 11.8 Å². The molecule has 1 heterocycles. The standard InChI is InChI=1S/C32H45F2N3O4/c1-21(2)24-8-7-9-25(17-24)32(10-11-37(30(40)19-32)12-13-41-31(4,5)6)35-20-29(39)28(36-22(3)38)16-23-14-26(33)18-27(34)15-23/h7-9,14-15,17-18,21,28-29,35,39H,10-13,16,19-20H2,1-6H3,(H,36,38)/t28-,29+,32-/m0/s1. The lowest BCUT2D eigenvalue weighted by molar-refractivity contribution is -0.138. The van der Waals surface area contributed by atoms with Crippen molar-refractivity contribution in [1.29, 1.82) is 0 Å². The number of halogens is 2. The molecule has 2 aromatic carbocycles. The van der Waals surface area contributed by atoms with Crippen molar-refractivity contribution in [3.63, 3.8) is 0 Å². The van der Waals surface area contributed by atoms with Crippen molar-refractivity contribution in [1.82, 2.24) is 15.5 Å². The minimum Gasteiger partial charge on any atom is -0.390 e. The van der Waals surface area contributed by atoms with Crippen LogP contribution in [0.4, 0.5) is 8.78 Å². The van der Waals surface area contributed by atoms with Gasteiger partial charge in [-0.1, -0.05) is 38.1 Å². The summed E-state index contributed by atoms with van der Waals surface area (Å²) < 4.78 is 33.5. The zero-order chi connectivity index (χ0) is 30.4. The SMILES string of the molecule is CC(=O)N[C@@H](Cc1cc(F)cc(F)c1)[C@H](O)CN[C@@]1(c2cccc(C(C)C)c2)CCN(CCOC(C)(C)C)C(=O)C1. The van der Waals surface area contributed by atoms with E-state index in [4.69, 9.17) is 4.74 Å². The van der Waals surface area contributed by atoms with Gasteiger partial charge in [0.2, 0.25) is 11.8 Å². The molecule has 1 aliphatic rings. The van der Waals surface area contributed by atoms with E-state index in [1.807, 2.05) is 37.8 Å². The molecule has 0 saturated carbocycles. The Labute approximate surface area is 242 Å². The number of piperidine rings is 1. The van der Waals surface area contributed by atoms with Crippen molar-refractivity contribution in [2.75, 3.05) is 26.2 Å². The van der Waals surface area contributed by atoms with Crippen molar-refractivity contribution in [2.24, 2.45) is 0 Å². The summed E-state index contributed by atoms with van der Waals surface area (Å²) >= 11 is 0. The molecule has 0 aliphatic carbocycles. The smallest absolute Gasteiger partial charge is 0.224 e. The van der Waals surface area contributed by atoms with Crippen LogP contribution in [0, 0.1) is 11.6 Å². The molecule has 226 valence electrons. The maximum atomic E-state index is 13.8. The van der Waals surface area contributed by atoms with E-state index in [-0.39, 0.29) is 36.8 Å². The minimum absolute atomic E-state index is 0.0145. The third-order valence-electron chi connectivity index (χ3n) is 7.50. The molecule has 0 bridgehead atoms. The molecule has 0 unspecified atom stereocenters. The van der Waals surface area contributed by atoms with Gasteiger partial charge in [0.15, 0.2) is 0 Å². The van der Waals surface area contributed by atoms with E-state index >= 15 is 0 Å². The fourth-order valence-electron chi connectivity index (χ4n) is 5.27. The Kier molecular flexibility index (Phi) is 11.0. The summed E-state index contributed by atoms with van der Waals surface area (Å²) in [6, 6.07) is 10.5. The quantitative estimate of drug-likeness (QED) is 0.350. The Morgan fingerprint density at radius 3 is 2.41 bits per heavy atom. The molecule has 2 amide bonds. The average molecular weight is 574 g/mol. The third-order valence-corrected chi connectivity index (χ3v) is 7.50. The molecular formula is C32H45F2N3O4. The summed E-state index contributed by atoms with van der Waals surface area (Å²) in [5.41, 5.74) is 1.38. The van der Waals surface area contributed by atoms with Crippen LogP contribution in [0.2, 0.25) is 0 Å². The average Bonchev–Trinajstić information content (AvgIpc) is 2.86. The lowest BCUT2D eigenvalue weighted by Crippen LogP contribution is -2.57. The van der Waals surface area contributed by atoms with Gasteiger partial charge in [-0.2, -0.15) is 0 Å². The van der Waals surface area contributed by atoms with Crippen molar-refractivity contribution < 1.29 is 28.2 Å². The van der Waals surface area contributed by atoms with Gasteiger partial charge in [0.05, 0.1) is 29.9 Å². The van der Waals surface area contributed by atoms with E-state index in [0.717, 1.165) is 17.2 Å². The van der Waals surface area contributed by atoms with Gasteiger partial charge in [0, 0.05) is 39.0 Å². The van der Waals surface area contributed by atoms with Crippen LogP contribution in [0.1, 0.15) is 77.0 Å². The molecule has 1 fully saturated rings. The second-order valence-electron chi connectivity index (χ2n) is 12.4. The Morgan fingerprint density at radius 2 is 1.83 bits per heavy atom. The second-order valence-corrected chi connectivity index (χ2v) is 12.4. The first kappa shape index (κ1) is 32.6. The van der Waals surface area contributed by atoms with Crippen LogP contribution in [0.5, 0.6) is 0 Å². The largest absolute Gasteiger partial charge is 0.390 e. The van der Waals surface area contributed by atoms with Gasteiger partial charge in [-0.3, -0.25) is 9.59 Å². The number of carbonyl (C=O) groups is 2. The van der Waals surface area contributed by atoms with Crippen LogP contribution in [-0.2, 0) is 26.3 Å². The predicted molar refractivity (Wildman–Crippen MR) is 155 cm³/mol. The number of likely N-dealkylation sites (tertiary alicyclic amines) is 1. The summed E-state index contributed by atoms with van der Waals surface area (Å²) in [5, 5.41) is 17.4. The Bertz CT molecular complexity index is 1180. The van der Waals surface area contributed by atoms with Crippen LogP contribution in [0.25, 0.3) is 0 Å². The van der Waals surface area contributed by atoms with Crippen molar-refractivity contribution in [3.8, 4) is 0 Å². The fourth-order valence-corrected chi connectivity index (χ4v) is 5.27. The van der Waals surface area contributed by atoms with Gasteiger partial charge >= 0.3 is 0 Å². The van der Waals surface area contributed by atoms with Crippen LogP contribution in [0.3, 0.4) is 0 Å². The molecular weight excluding hydrogens is 528 g/mol. The lowest BCUT2D eigenvalue weighted by atomic mass is 9.79. The van der Waals surface area contributed by atoms with Gasteiger partial charge in [-0.15, -0.1) is 0 Å². The number of hydrogen-bond acceptors (Lipinski definition) is 5. The fraction of sp³-hybridized carbons (Fsp3) is 0.562. The number of carbonyl (C=O) groups excluding carboxylic acids is 2. The Hall–Kier alpha value is -2.88. The second kappa shape index (κ2) is 13.9. The first-order valence-electron chi connectivity index (χ1n) is 14.3. The summed E-state index contributed by atoms with van der Waals surface area (Å²) in [5.74, 6) is -1.54. The van der Waals surface area contributed by atoms with E-state index in [1.165, 1.54) is 19.1 Å². The van der Waals surface area contributed by atoms with Crippen LogP contribution >= 0.6 is 0 Å². The number of aliphatic hydroxyl groups is 1. The summed E-state index contributed by atoms with van der Waals surface area (Å²) in [7, 11) is 0. The molecule has 2 aromatic rings. The first-order chi connectivity index (χ1) is 19.2. The molecule has 7 nitrogen and oxygen atoms in total. The summed E-state index contributed by atoms with van der Waals surface area (Å²) in [6.07, 6.45) is -0.254. The molecule has 3 N–H and O–H groups in total. The van der Waals surface area contributed by atoms with Gasteiger partial charge in [-0.05, 0) is 68.4 Å². The number of rotatable bonds is 12. The highest BCUT2D eigenvalue weighted by Crippen LogP contribution is 2.35. The number of benzene rings is 2. The zero-order valence-corrected chi connectivity index (χ0v) is 25.1. The molecule has 0 aromatic heterocycles. The number of hydrogen-bond donors (Lipinski definition) is 3. The van der Waals surface area contributed by atoms with E-state index in [2.05, 4.69) is 36.6 Å². The van der Waals surface area contributed by atoms with Gasteiger partial charge in [0.1, 0.15) is 11.6 Å². The minimum atomic E-state index is -1.09. The van der Waals surface area contributed by atoms with E-state index in [1.54, 1.807) is 0 Å². The molecule has 41 heavy (non-hydrogen) atoms.